The smallest absolute Gasteiger partial charge is 0.243 e. The molecule has 1 rings (SSSR count). The average molecular weight is 313 g/mol. The van der Waals surface area contributed by atoms with Crippen molar-refractivity contribution in [1.82, 2.24) is 9.21 Å². The molecule has 118 valence electrons. The molecule has 7 heteroatoms. The Bertz CT molecular complexity index is 612. The van der Waals surface area contributed by atoms with Crippen molar-refractivity contribution in [1.29, 1.82) is 0 Å². The predicted molar refractivity (Wildman–Crippen MR) is 83.3 cm³/mol. The first kappa shape index (κ1) is 17.5. The van der Waals surface area contributed by atoms with Crippen molar-refractivity contribution in [3.63, 3.8) is 0 Å². The van der Waals surface area contributed by atoms with E-state index in [-0.39, 0.29) is 23.9 Å². The number of rotatable bonds is 6. The number of carbonyl (C=O) groups is 1. The van der Waals surface area contributed by atoms with Crippen LogP contribution in [0, 0.1) is 6.92 Å². The van der Waals surface area contributed by atoms with Gasteiger partial charge in [0.25, 0.3) is 0 Å². The molecule has 0 saturated carbocycles. The quantitative estimate of drug-likeness (QED) is 0.796. The zero-order valence-corrected chi connectivity index (χ0v) is 13.8. The lowest BCUT2D eigenvalue weighted by atomic mass is 10.2. The van der Waals surface area contributed by atoms with Crippen LogP contribution in [-0.2, 0) is 14.8 Å². The summed E-state index contributed by atoms with van der Waals surface area (Å²) >= 11 is 0. The second-order valence-corrected chi connectivity index (χ2v) is 7.00. The van der Waals surface area contributed by atoms with Crippen LogP contribution < -0.4 is 5.73 Å². The number of hydrogen-bond donors (Lipinski definition) is 1. The van der Waals surface area contributed by atoms with Crippen molar-refractivity contribution in [2.45, 2.75) is 25.2 Å². The van der Waals surface area contributed by atoms with Gasteiger partial charge >= 0.3 is 0 Å². The van der Waals surface area contributed by atoms with Gasteiger partial charge in [0.1, 0.15) is 0 Å². The summed E-state index contributed by atoms with van der Waals surface area (Å²) in [4.78, 5) is 13.4. The summed E-state index contributed by atoms with van der Waals surface area (Å²) in [5.74, 6) is -0.256. The number of amides is 1. The number of sulfonamides is 1. The van der Waals surface area contributed by atoms with E-state index in [1.165, 1.54) is 15.3 Å². The van der Waals surface area contributed by atoms with Crippen LogP contribution in [0.25, 0.3) is 0 Å². The molecule has 0 aliphatic heterocycles. The number of hydrogen-bond acceptors (Lipinski definition) is 4. The molecule has 21 heavy (non-hydrogen) atoms. The molecule has 0 saturated heterocycles. The fourth-order valence-electron chi connectivity index (χ4n) is 1.88. The third kappa shape index (κ3) is 3.95. The highest BCUT2D eigenvalue weighted by molar-refractivity contribution is 7.89. The Balaban J connectivity index is 3.22. The molecule has 2 N–H and O–H groups in total. The largest absolute Gasteiger partial charge is 0.398 e. The molecule has 6 nitrogen and oxygen atoms in total. The fourth-order valence-corrected chi connectivity index (χ4v) is 3.61. The number of nitrogens with zero attached hydrogens (tertiary/aromatic N) is 2. The number of nitrogens with two attached hydrogens (primary N) is 1. The number of benzene rings is 1. The van der Waals surface area contributed by atoms with Gasteiger partial charge in [0.05, 0.1) is 11.4 Å². The van der Waals surface area contributed by atoms with Crippen molar-refractivity contribution in [3.05, 3.63) is 23.8 Å². The van der Waals surface area contributed by atoms with Crippen LogP contribution in [0.4, 0.5) is 5.69 Å². The zero-order valence-electron chi connectivity index (χ0n) is 13.0. The summed E-state index contributed by atoms with van der Waals surface area (Å²) in [5.41, 5.74) is 6.72. The highest BCUT2D eigenvalue weighted by atomic mass is 32.2. The molecule has 0 unspecified atom stereocenters. The summed E-state index contributed by atoms with van der Waals surface area (Å²) in [6.07, 6.45) is 0.626. The van der Waals surface area contributed by atoms with Gasteiger partial charge < -0.3 is 10.6 Å². The van der Waals surface area contributed by atoms with Crippen LogP contribution in [0.2, 0.25) is 0 Å². The molecule has 0 aromatic heterocycles. The summed E-state index contributed by atoms with van der Waals surface area (Å²) in [6, 6.07) is 4.78. The van der Waals surface area contributed by atoms with Gasteiger partial charge in [-0.25, -0.2) is 8.42 Å². The number of nitrogen functional groups attached to an aromatic ring is 1. The van der Waals surface area contributed by atoms with Crippen molar-refractivity contribution >= 4 is 21.6 Å². The molecule has 1 aromatic carbocycles. The molecule has 0 aliphatic carbocycles. The van der Waals surface area contributed by atoms with Crippen LogP contribution in [0.1, 0.15) is 18.9 Å². The molecule has 0 aliphatic rings. The summed E-state index contributed by atoms with van der Waals surface area (Å²) in [7, 11) is -0.535. The van der Waals surface area contributed by atoms with Gasteiger partial charge in [0, 0.05) is 26.3 Å². The van der Waals surface area contributed by atoms with Crippen molar-refractivity contribution < 1.29 is 13.2 Å². The standard InChI is InChI=1S/C14H23N3O3S/c1-5-9-17(10-14(18)16(3)4)21(19,20)13-8-6-7-12(15)11(13)2/h6-8H,5,9-10,15H2,1-4H3. The normalized spacial score (nSPS) is 11.7. The Morgan fingerprint density at radius 1 is 1.29 bits per heavy atom. The minimum absolute atomic E-state index is 0.155. The molecule has 0 heterocycles. The predicted octanol–water partition coefficient (Wildman–Crippen LogP) is 1.07. The Hall–Kier alpha value is -1.60. The second-order valence-electron chi connectivity index (χ2n) is 5.10. The van der Waals surface area contributed by atoms with Crippen LogP contribution in [0.15, 0.2) is 23.1 Å². The van der Waals surface area contributed by atoms with Crippen LogP contribution in [0.5, 0.6) is 0 Å². The zero-order chi connectivity index (χ0) is 16.2. The first-order valence-corrected chi connectivity index (χ1v) is 8.21. The topological polar surface area (TPSA) is 83.7 Å². The Morgan fingerprint density at radius 3 is 2.43 bits per heavy atom. The molecular weight excluding hydrogens is 290 g/mol. The number of anilines is 1. The first-order chi connectivity index (χ1) is 9.71. The number of likely N-dealkylation sites (N-methyl/N-ethyl adjacent to an activating group) is 1. The maximum Gasteiger partial charge on any atom is 0.243 e. The molecule has 0 radical (unpaired) electrons. The second kappa shape index (κ2) is 6.91. The van der Waals surface area contributed by atoms with E-state index in [9.17, 15) is 13.2 Å². The van der Waals surface area contributed by atoms with Crippen molar-refractivity contribution in [2.75, 3.05) is 32.9 Å². The average Bonchev–Trinajstić information content (AvgIpc) is 2.40. The maximum absolute atomic E-state index is 12.8. The monoisotopic (exact) mass is 313 g/mol. The van der Waals surface area contributed by atoms with E-state index in [2.05, 4.69) is 0 Å². The van der Waals surface area contributed by atoms with E-state index >= 15 is 0 Å². The van der Waals surface area contributed by atoms with E-state index in [0.717, 1.165) is 0 Å². The maximum atomic E-state index is 12.8. The molecule has 0 fully saturated rings. The molecule has 1 amide bonds. The highest BCUT2D eigenvalue weighted by Gasteiger charge is 2.28. The number of carbonyl (C=O) groups excluding carboxylic acids is 1. The van der Waals surface area contributed by atoms with E-state index in [1.807, 2.05) is 6.92 Å². The van der Waals surface area contributed by atoms with E-state index in [4.69, 9.17) is 5.73 Å². The fraction of sp³-hybridized carbons (Fsp3) is 0.500. The van der Waals surface area contributed by atoms with E-state index < -0.39 is 10.0 Å². The highest BCUT2D eigenvalue weighted by Crippen LogP contribution is 2.24. The summed E-state index contributed by atoms with van der Waals surface area (Å²) in [6.45, 7) is 3.66. The van der Waals surface area contributed by atoms with E-state index in [0.29, 0.717) is 17.7 Å². The van der Waals surface area contributed by atoms with Gasteiger partial charge in [-0.3, -0.25) is 4.79 Å². The van der Waals surface area contributed by atoms with Crippen LogP contribution >= 0.6 is 0 Å². The minimum Gasteiger partial charge on any atom is -0.398 e. The lowest BCUT2D eigenvalue weighted by Gasteiger charge is -2.24. The molecule has 0 bridgehead atoms. The van der Waals surface area contributed by atoms with Gasteiger partial charge in [-0.2, -0.15) is 4.31 Å². The summed E-state index contributed by atoms with van der Waals surface area (Å²) < 4.78 is 26.7. The Kier molecular flexibility index (Phi) is 5.74. The van der Waals surface area contributed by atoms with Crippen LogP contribution in [0.3, 0.4) is 0 Å². The molecular formula is C14H23N3O3S. The van der Waals surface area contributed by atoms with Crippen molar-refractivity contribution in [3.8, 4) is 0 Å². The Labute approximate surface area is 126 Å². The minimum atomic E-state index is -3.74. The Morgan fingerprint density at radius 2 is 1.90 bits per heavy atom. The molecule has 0 atom stereocenters. The van der Waals surface area contributed by atoms with Crippen LogP contribution in [-0.4, -0.2) is 50.7 Å². The van der Waals surface area contributed by atoms with Gasteiger partial charge in [-0.1, -0.05) is 13.0 Å². The summed E-state index contributed by atoms with van der Waals surface area (Å²) in [5, 5.41) is 0. The third-order valence-corrected chi connectivity index (χ3v) is 5.22. The lowest BCUT2D eigenvalue weighted by molar-refractivity contribution is -0.128. The van der Waals surface area contributed by atoms with Crippen molar-refractivity contribution in [2.24, 2.45) is 0 Å². The molecule has 0 spiro atoms. The van der Waals surface area contributed by atoms with Gasteiger partial charge in [0.15, 0.2) is 0 Å². The first-order valence-electron chi connectivity index (χ1n) is 6.77. The van der Waals surface area contributed by atoms with Gasteiger partial charge in [0.2, 0.25) is 15.9 Å². The van der Waals surface area contributed by atoms with Gasteiger partial charge in [-0.05, 0) is 31.0 Å². The van der Waals surface area contributed by atoms with Gasteiger partial charge in [-0.15, -0.1) is 0 Å². The third-order valence-electron chi connectivity index (χ3n) is 3.23. The lowest BCUT2D eigenvalue weighted by Crippen LogP contribution is -2.40. The SMILES string of the molecule is CCCN(CC(=O)N(C)C)S(=O)(=O)c1cccc(N)c1C. The molecule has 1 aromatic rings. The van der Waals surface area contributed by atoms with E-state index in [1.54, 1.807) is 33.2 Å².